The van der Waals surface area contributed by atoms with E-state index in [9.17, 15) is 0 Å². The van der Waals surface area contributed by atoms with Crippen LogP contribution in [0.2, 0.25) is 5.02 Å². The molecule has 0 aromatic heterocycles. The van der Waals surface area contributed by atoms with Gasteiger partial charge in [0.1, 0.15) is 0 Å². The van der Waals surface area contributed by atoms with Gasteiger partial charge in [-0.3, -0.25) is 0 Å². The van der Waals surface area contributed by atoms with Crippen LogP contribution in [0.25, 0.3) is 0 Å². The zero-order valence-electron chi connectivity index (χ0n) is 6.55. The lowest BCUT2D eigenvalue weighted by atomic mass is 10.0. The Balaban J connectivity index is 2.86. The number of rotatable bonds is 2. The fourth-order valence-corrected chi connectivity index (χ4v) is 1.15. The summed E-state index contributed by atoms with van der Waals surface area (Å²) in [5, 5.41) is 0.780. The number of hydrogen-bond donors (Lipinski definition) is 1. The smallest absolute Gasteiger partial charge is 0.0408 e. The second-order valence-corrected chi connectivity index (χ2v) is 3.13. The lowest BCUT2D eigenvalue weighted by Gasteiger charge is -2.07. The van der Waals surface area contributed by atoms with E-state index in [0.29, 0.717) is 12.5 Å². The predicted octanol–water partition coefficient (Wildman–Crippen LogP) is 2.40. The normalized spacial score (nSPS) is 13.0. The van der Waals surface area contributed by atoms with E-state index < -0.39 is 0 Å². The molecule has 1 nitrogen and oxygen atoms in total. The fourth-order valence-electron chi connectivity index (χ4n) is 0.949. The molecule has 60 valence electrons. The summed E-state index contributed by atoms with van der Waals surface area (Å²) in [5.74, 6) is 0.397. The van der Waals surface area contributed by atoms with Gasteiger partial charge in [-0.1, -0.05) is 30.7 Å². The van der Waals surface area contributed by atoms with Gasteiger partial charge in [0, 0.05) is 5.02 Å². The van der Waals surface area contributed by atoms with Crippen LogP contribution in [-0.2, 0) is 0 Å². The van der Waals surface area contributed by atoms with Gasteiger partial charge in [-0.2, -0.15) is 0 Å². The molecule has 1 rings (SSSR count). The van der Waals surface area contributed by atoms with E-state index in [1.165, 1.54) is 5.56 Å². The molecular weight excluding hydrogens is 158 g/mol. The Kier molecular flexibility index (Phi) is 2.92. The van der Waals surface area contributed by atoms with E-state index in [2.05, 4.69) is 6.92 Å². The maximum atomic E-state index is 5.81. The average molecular weight is 170 g/mol. The van der Waals surface area contributed by atoms with Crippen LogP contribution in [0.1, 0.15) is 18.4 Å². The Hall–Kier alpha value is -0.530. The quantitative estimate of drug-likeness (QED) is 0.723. The van der Waals surface area contributed by atoms with Gasteiger partial charge in [-0.05, 0) is 30.2 Å². The van der Waals surface area contributed by atoms with Gasteiger partial charge in [0.2, 0.25) is 0 Å². The van der Waals surface area contributed by atoms with E-state index in [1.807, 2.05) is 24.3 Å². The predicted molar refractivity (Wildman–Crippen MR) is 48.9 cm³/mol. The van der Waals surface area contributed by atoms with Crippen molar-refractivity contribution in [2.24, 2.45) is 5.73 Å². The third-order valence-electron chi connectivity index (χ3n) is 1.77. The van der Waals surface area contributed by atoms with E-state index >= 15 is 0 Å². The molecule has 0 spiro atoms. The van der Waals surface area contributed by atoms with Crippen molar-refractivity contribution in [3.63, 3.8) is 0 Å². The number of benzene rings is 1. The SMILES string of the molecule is C[C@@H](CN)c1cccc(Cl)c1. The highest BCUT2D eigenvalue weighted by molar-refractivity contribution is 6.30. The number of halogens is 1. The maximum absolute atomic E-state index is 5.81. The number of hydrogen-bond acceptors (Lipinski definition) is 1. The summed E-state index contributed by atoms with van der Waals surface area (Å²) in [5.41, 5.74) is 6.72. The van der Waals surface area contributed by atoms with Crippen LogP contribution < -0.4 is 5.73 Å². The van der Waals surface area contributed by atoms with E-state index in [1.54, 1.807) is 0 Å². The van der Waals surface area contributed by atoms with Crippen molar-refractivity contribution in [1.29, 1.82) is 0 Å². The minimum atomic E-state index is 0.397. The van der Waals surface area contributed by atoms with E-state index in [-0.39, 0.29) is 0 Å². The minimum Gasteiger partial charge on any atom is -0.330 e. The van der Waals surface area contributed by atoms with E-state index in [0.717, 1.165) is 5.02 Å². The van der Waals surface area contributed by atoms with Crippen molar-refractivity contribution in [3.05, 3.63) is 34.9 Å². The first-order valence-corrected chi connectivity index (χ1v) is 4.07. The topological polar surface area (TPSA) is 26.0 Å². The fraction of sp³-hybridized carbons (Fsp3) is 0.333. The Labute approximate surface area is 72.2 Å². The van der Waals surface area contributed by atoms with Crippen molar-refractivity contribution in [2.45, 2.75) is 12.8 Å². The van der Waals surface area contributed by atoms with Crippen molar-refractivity contribution in [1.82, 2.24) is 0 Å². The zero-order valence-corrected chi connectivity index (χ0v) is 7.31. The molecule has 2 N–H and O–H groups in total. The maximum Gasteiger partial charge on any atom is 0.0408 e. The van der Waals surface area contributed by atoms with Crippen LogP contribution in [0.4, 0.5) is 0 Å². The van der Waals surface area contributed by atoms with Crippen LogP contribution in [0.3, 0.4) is 0 Å². The molecule has 1 aromatic rings. The zero-order chi connectivity index (χ0) is 8.27. The van der Waals surface area contributed by atoms with Gasteiger partial charge < -0.3 is 5.73 Å². The molecule has 0 aliphatic carbocycles. The third-order valence-corrected chi connectivity index (χ3v) is 2.01. The summed E-state index contributed by atoms with van der Waals surface area (Å²) in [6.07, 6.45) is 0. The van der Waals surface area contributed by atoms with Crippen molar-refractivity contribution in [3.8, 4) is 0 Å². The molecule has 0 radical (unpaired) electrons. The third kappa shape index (κ3) is 2.21. The molecule has 0 unspecified atom stereocenters. The summed E-state index contributed by atoms with van der Waals surface area (Å²) in [7, 11) is 0. The molecule has 0 aliphatic rings. The Morgan fingerprint density at radius 2 is 2.27 bits per heavy atom. The molecule has 1 atom stereocenters. The highest BCUT2D eigenvalue weighted by atomic mass is 35.5. The second kappa shape index (κ2) is 3.74. The van der Waals surface area contributed by atoms with E-state index in [4.69, 9.17) is 17.3 Å². The summed E-state index contributed by atoms with van der Waals surface area (Å²) >= 11 is 5.81. The van der Waals surface area contributed by atoms with Gasteiger partial charge in [-0.25, -0.2) is 0 Å². The minimum absolute atomic E-state index is 0.397. The van der Waals surface area contributed by atoms with Crippen molar-refractivity contribution >= 4 is 11.6 Å². The summed E-state index contributed by atoms with van der Waals surface area (Å²) < 4.78 is 0. The van der Waals surface area contributed by atoms with Crippen molar-refractivity contribution < 1.29 is 0 Å². The lowest BCUT2D eigenvalue weighted by Crippen LogP contribution is -2.08. The van der Waals surface area contributed by atoms with Crippen LogP contribution in [0.15, 0.2) is 24.3 Å². The summed E-state index contributed by atoms with van der Waals surface area (Å²) in [6.45, 7) is 2.76. The molecule has 11 heavy (non-hydrogen) atoms. The van der Waals surface area contributed by atoms with Crippen LogP contribution in [0.5, 0.6) is 0 Å². The first-order valence-electron chi connectivity index (χ1n) is 3.69. The van der Waals surface area contributed by atoms with Gasteiger partial charge in [0.05, 0.1) is 0 Å². The largest absolute Gasteiger partial charge is 0.330 e. The highest BCUT2D eigenvalue weighted by Gasteiger charge is 2.01. The Morgan fingerprint density at radius 1 is 1.55 bits per heavy atom. The molecule has 1 aromatic carbocycles. The molecule has 2 heteroatoms. The van der Waals surface area contributed by atoms with Gasteiger partial charge >= 0.3 is 0 Å². The molecule has 0 saturated carbocycles. The second-order valence-electron chi connectivity index (χ2n) is 2.69. The highest BCUT2D eigenvalue weighted by Crippen LogP contribution is 2.17. The molecular formula is C9H12ClN. The lowest BCUT2D eigenvalue weighted by molar-refractivity contribution is 0.774. The van der Waals surface area contributed by atoms with Crippen LogP contribution >= 0.6 is 11.6 Å². The molecule has 0 fully saturated rings. The first-order chi connectivity index (χ1) is 5.24. The Bertz CT molecular complexity index is 235. The van der Waals surface area contributed by atoms with Crippen LogP contribution in [-0.4, -0.2) is 6.54 Å². The molecule has 0 heterocycles. The summed E-state index contributed by atoms with van der Waals surface area (Å²) in [6, 6.07) is 7.82. The monoisotopic (exact) mass is 169 g/mol. The molecule has 0 aliphatic heterocycles. The van der Waals surface area contributed by atoms with Crippen LogP contribution in [0, 0.1) is 0 Å². The summed E-state index contributed by atoms with van der Waals surface area (Å²) in [4.78, 5) is 0. The van der Waals surface area contributed by atoms with Gasteiger partial charge in [0.15, 0.2) is 0 Å². The average Bonchev–Trinajstić information content (AvgIpc) is 2.03. The van der Waals surface area contributed by atoms with Gasteiger partial charge in [0.25, 0.3) is 0 Å². The van der Waals surface area contributed by atoms with Gasteiger partial charge in [-0.15, -0.1) is 0 Å². The standard InChI is InChI=1S/C9H12ClN/c1-7(6-11)8-3-2-4-9(10)5-8/h2-5,7H,6,11H2,1H3/t7-/m0/s1. The molecule has 0 bridgehead atoms. The first kappa shape index (κ1) is 8.57. The number of nitrogens with two attached hydrogens (primary N) is 1. The Morgan fingerprint density at radius 3 is 2.82 bits per heavy atom. The molecule has 0 amide bonds. The molecule has 0 saturated heterocycles. The van der Waals surface area contributed by atoms with Crippen molar-refractivity contribution in [2.75, 3.05) is 6.54 Å².